The van der Waals surface area contributed by atoms with Crippen LogP contribution in [-0.4, -0.2) is 16.5 Å². The number of H-pyrrole nitrogens is 1. The second-order valence-electron chi connectivity index (χ2n) is 3.07. The molecule has 0 spiro atoms. The highest BCUT2D eigenvalue weighted by Gasteiger charge is 2.13. The van der Waals surface area contributed by atoms with Crippen molar-refractivity contribution in [1.82, 2.24) is 10.2 Å². The lowest BCUT2D eigenvalue weighted by atomic mass is 10.0. The minimum atomic E-state index is 0.357. The van der Waals surface area contributed by atoms with Crippen molar-refractivity contribution in [2.24, 2.45) is 0 Å². The number of aromatic nitrogens is 2. The van der Waals surface area contributed by atoms with E-state index in [1.165, 1.54) is 0 Å². The van der Waals surface area contributed by atoms with Gasteiger partial charge in [0.1, 0.15) is 0 Å². The van der Waals surface area contributed by atoms with Crippen LogP contribution < -0.4 is 0 Å². The first kappa shape index (κ1) is 8.97. The molecule has 1 N–H and O–H groups in total. The van der Waals surface area contributed by atoms with Gasteiger partial charge in [0.25, 0.3) is 0 Å². The van der Waals surface area contributed by atoms with Gasteiger partial charge in [0.2, 0.25) is 0 Å². The molecule has 1 aromatic rings. The molecule has 1 rings (SSSR count). The number of aldehydes is 1. The molecule has 0 saturated carbocycles. The van der Waals surface area contributed by atoms with E-state index in [-0.39, 0.29) is 0 Å². The van der Waals surface area contributed by atoms with Crippen LogP contribution >= 0.6 is 0 Å². The van der Waals surface area contributed by atoms with Crippen molar-refractivity contribution in [2.45, 2.75) is 33.1 Å². The monoisotopic (exact) mass is 166 g/mol. The molecule has 0 aliphatic carbocycles. The van der Waals surface area contributed by atoms with Crippen molar-refractivity contribution in [1.29, 1.82) is 0 Å². The Labute approximate surface area is 72.2 Å². The first-order chi connectivity index (χ1) is 5.70. The summed E-state index contributed by atoms with van der Waals surface area (Å²) in [5.41, 5.74) is 2.48. The summed E-state index contributed by atoms with van der Waals surface area (Å²) in [5, 5.41) is 6.92. The second kappa shape index (κ2) is 3.52. The minimum absolute atomic E-state index is 0.357. The highest BCUT2D eigenvalue weighted by Crippen LogP contribution is 2.20. The van der Waals surface area contributed by atoms with E-state index in [0.717, 1.165) is 29.7 Å². The molecule has 0 radical (unpaired) electrons. The number of nitrogens with zero attached hydrogens (tertiary/aromatic N) is 1. The van der Waals surface area contributed by atoms with E-state index >= 15 is 0 Å². The molecule has 0 aliphatic heterocycles. The Balaban J connectivity index is 3.06. The smallest absolute Gasteiger partial charge is 0.153 e. The van der Waals surface area contributed by atoms with Gasteiger partial charge in [-0.1, -0.05) is 13.8 Å². The standard InChI is InChI=1S/C9H14N2O/c1-4-6(2)9-8(5-12)7(3)10-11-9/h5-6H,4H2,1-3H3,(H,10,11). The van der Waals surface area contributed by atoms with E-state index in [2.05, 4.69) is 24.0 Å². The second-order valence-corrected chi connectivity index (χ2v) is 3.07. The van der Waals surface area contributed by atoms with Crippen molar-refractivity contribution in [3.05, 3.63) is 17.0 Å². The zero-order chi connectivity index (χ0) is 9.14. The Morgan fingerprint density at radius 2 is 2.33 bits per heavy atom. The Hall–Kier alpha value is -1.12. The fraction of sp³-hybridized carbons (Fsp3) is 0.556. The van der Waals surface area contributed by atoms with E-state index in [9.17, 15) is 4.79 Å². The first-order valence-electron chi connectivity index (χ1n) is 4.20. The molecule has 0 amide bonds. The highest BCUT2D eigenvalue weighted by atomic mass is 16.1. The quantitative estimate of drug-likeness (QED) is 0.698. The number of aryl methyl sites for hydroxylation is 1. The molecule has 0 aromatic carbocycles. The van der Waals surface area contributed by atoms with E-state index in [0.29, 0.717) is 5.92 Å². The third-order valence-electron chi connectivity index (χ3n) is 2.22. The average Bonchev–Trinajstić information content (AvgIpc) is 2.45. The van der Waals surface area contributed by atoms with Crippen molar-refractivity contribution in [3.8, 4) is 0 Å². The van der Waals surface area contributed by atoms with E-state index < -0.39 is 0 Å². The zero-order valence-corrected chi connectivity index (χ0v) is 7.72. The van der Waals surface area contributed by atoms with Gasteiger partial charge in [-0.25, -0.2) is 0 Å². The molecule has 12 heavy (non-hydrogen) atoms. The maximum absolute atomic E-state index is 10.7. The molecular formula is C9H14N2O. The Kier molecular flexibility index (Phi) is 2.63. The number of nitrogens with one attached hydrogen (secondary N) is 1. The van der Waals surface area contributed by atoms with Crippen molar-refractivity contribution in [2.75, 3.05) is 0 Å². The van der Waals surface area contributed by atoms with Crippen molar-refractivity contribution >= 4 is 6.29 Å². The van der Waals surface area contributed by atoms with Crippen LogP contribution in [0, 0.1) is 6.92 Å². The number of rotatable bonds is 3. The van der Waals surface area contributed by atoms with Crippen LogP contribution in [0.25, 0.3) is 0 Å². The molecule has 0 saturated heterocycles. The summed E-state index contributed by atoms with van der Waals surface area (Å²) in [6.45, 7) is 6.02. The highest BCUT2D eigenvalue weighted by molar-refractivity contribution is 5.78. The number of hydrogen-bond donors (Lipinski definition) is 1. The zero-order valence-electron chi connectivity index (χ0n) is 7.72. The number of hydrogen-bond acceptors (Lipinski definition) is 2. The van der Waals surface area contributed by atoms with E-state index in [1.807, 2.05) is 6.92 Å². The van der Waals surface area contributed by atoms with E-state index in [1.54, 1.807) is 0 Å². The first-order valence-corrected chi connectivity index (χ1v) is 4.20. The topological polar surface area (TPSA) is 45.8 Å². The fourth-order valence-electron chi connectivity index (χ4n) is 1.17. The largest absolute Gasteiger partial charge is 0.298 e. The van der Waals surface area contributed by atoms with Gasteiger partial charge in [-0.15, -0.1) is 0 Å². The lowest BCUT2D eigenvalue weighted by Gasteiger charge is -2.04. The summed E-state index contributed by atoms with van der Waals surface area (Å²) in [5.74, 6) is 0.357. The third-order valence-corrected chi connectivity index (χ3v) is 2.22. The van der Waals surface area contributed by atoms with Gasteiger partial charge in [0.05, 0.1) is 11.3 Å². The van der Waals surface area contributed by atoms with Gasteiger partial charge >= 0.3 is 0 Å². The van der Waals surface area contributed by atoms with Crippen LogP contribution in [-0.2, 0) is 0 Å². The molecule has 1 atom stereocenters. The number of carbonyl (C=O) groups excluding carboxylic acids is 1. The van der Waals surface area contributed by atoms with Crippen LogP contribution in [0.2, 0.25) is 0 Å². The van der Waals surface area contributed by atoms with Gasteiger partial charge in [0.15, 0.2) is 6.29 Å². The van der Waals surface area contributed by atoms with Crippen LogP contribution in [0.1, 0.15) is 47.9 Å². The van der Waals surface area contributed by atoms with Crippen LogP contribution in [0.3, 0.4) is 0 Å². The van der Waals surface area contributed by atoms with Crippen molar-refractivity contribution in [3.63, 3.8) is 0 Å². The van der Waals surface area contributed by atoms with Crippen LogP contribution in [0.15, 0.2) is 0 Å². The molecule has 66 valence electrons. The van der Waals surface area contributed by atoms with Gasteiger partial charge in [-0.2, -0.15) is 5.10 Å². The van der Waals surface area contributed by atoms with Gasteiger partial charge in [-0.05, 0) is 13.3 Å². The molecule has 0 bridgehead atoms. The van der Waals surface area contributed by atoms with Gasteiger partial charge < -0.3 is 0 Å². The molecule has 3 nitrogen and oxygen atoms in total. The summed E-state index contributed by atoms with van der Waals surface area (Å²) in [7, 11) is 0. The summed E-state index contributed by atoms with van der Waals surface area (Å²) < 4.78 is 0. The lowest BCUT2D eigenvalue weighted by molar-refractivity contribution is 0.112. The van der Waals surface area contributed by atoms with E-state index in [4.69, 9.17) is 0 Å². The maximum Gasteiger partial charge on any atom is 0.153 e. The molecule has 0 fully saturated rings. The molecule has 1 unspecified atom stereocenters. The summed E-state index contributed by atoms with van der Waals surface area (Å²) in [6, 6.07) is 0. The number of carbonyl (C=O) groups is 1. The average molecular weight is 166 g/mol. The molecule has 3 heteroatoms. The normalized spacial score (nSPS) is 12.9. The molecule has 0 aliphatic rings. The van der Waals surface area contributed by atoms with Crippen molar-refractivity contribution < 1.29 is 4.79 Å². The Morgan fingerprint density at radius 1 is 1.67 bits per heavy atom. The predicted molar refractivity (Wildman–Crippen MR) is 47.4 cm³/mol. The Morgan fingerprint density at radius 3 is 2.83 bits per heavy atom. The molecule has 1 aromatic heterocycles. The number of aromatic amines is 1. The minimum Gasteiger partial charge on any atom is -0.298 e. The Bertz CT molecular complexity index is 278. The van der Waals surface area contributed by atoms with Gasteiger partial charge in [-0.3, -0.25) is 9.89 Å². The summed E-state index contributed by atoms with van der Waals surface area (Å²) >= 11 is 0. The summed E-state index contributed by atoms with van der Waals surface area (Å²) in [4.78, 5) is 10.7. The maximum atomic E-state index is 10.7. The molecular weight excluding hydrogens is 152 g/mol. The fourth-order valence-corrected chi connectivity index (χ4v) is 1.17. The van der Waals surface area contributed by atoms with Crippen LogP contribution in [0.4, 0.5) is 0 Å². The lowest BCUT2D eigenvalue weighted by Crippen LogP contribution is -1.96. The SMILES string of the molecule is CCC(C)c1n[nH]c(C)c1C=O. The summed E-state index contributed by atoms with van der Waals surface area (Å²) in [6.07, 6.45) is 1.88. The third kappa shape index (κ3) is 1.40. The van der Waals surface area contributed by atoms with Crippen LogP contribution in [0.5, 0.6) is 0 Å². The van der Waals surface area contributed by atoms with Gasteiger partial charge in [0, 0.05) is 11.6 Å². The predicted octanol–water partition coefficient (Wildman–Crippen LogP) is 2.04. The molecule has 1 heterocycles.